The van der Waals surface area contributed by atoms with Crippen LogP contribution in [0.4, 0.5) is 4.39 Å². The maximum Gasteiger partial charge on any atom is 0.314 e. The summed E-state index contributed by atoms with van der Waals surface area (Å²) in [5.74, 6) is -2.45. The molecule has 1 fully saturated rings. The molecule has 0 unspecified atom stereocenters. The number of carbonyl (C=O) groups is 1. The number of rotatable bonds is 3. The van der Waals surface area contributed by atoms with Gasteiger partial charge in [0.1, 0.15) is 0 Å². The van der Waals surface area contributed by atoms with Crippen LogP contribution >= 0.6 is 0 Å². The highest BCUT2D eigenvalue weighted by atomic mass is 19.1. The Kier molecular flexibility index (Phi) is 3.88. The second kappa shape index (κ2) is 5.31. The Morgan fingerprint density at radius 2 is 1.95 bits per heavy atom. The fraction of sp³-hybridized carbons (Fsp3) is 0.533. The molecule has 0 bridgehead atoms. The van der Waals surface area contributed by atoms with Crippen molar-refractivity contribution in [2.24, 2.45) is 0 Å². The molecule has 0 radical (unpaired) electrons. The first kappa shape index (κ1) is 14.6. The van der Waals surface area contributed by atoms with Crippen molar-refractivity contribution >= 4 is 5.97 Å². The molecule has 0 amide bonds. The molecule has 1 aliphatic rings. The van der Waals surface area contributed by atoms with E-state index in [4.69, 9.17) is 4.74 Å². The minimum absolute atomic E-state index is 0.0580. The lowest BCUT2D eigenvalue weighted by Gasteiger charge is -2.34. The summed E-state index contributed by atoms with van der Waals surface area (Å²) in [5, 5.41) is 19.5. The molecule has 1 aliphatic carbocycles. The molecule has 1 aromatic carbocycles. The van der Waals surface area contributed by atoms with E-state index in [9.17, 15) is 19.4 Å². The highest BCUT2D eigenvalue weighted by Gasteiger charge is 2.44. The maximum absolute atomic E-state index is 14.4. The zero-order valence-electron chi connectivity index (χ0n) is 11.7. The summed E-state index contributed by atoms with van der Waals surface area (Å²) in [6.45, 7) is 1.67. The molecule has 0 aliphatic heterocycles. The predicted molar refractivity (Wildman–Crippen MR) is 71.8 cm³/mol. The molecular weight excluding hydrogens is 263 g/mol. The van der Waals surface area contributed by atoms with Crippen molar-refractivity contribution in [3.63, 3.8) is 0 Å². The van der Waals surface area contributed by atoms with Crippen molar-refractivity contribution in [1.29, 1.82) is 0 Å². The number of carboxylic acid groups (broad SMARTS) is 1. The van der Waals surface area contributed by atoms with E-state index in [1.54, 1.807) is 6.92 Å². The number of methoxy groups -OCH3 is 1. The van der Waals surface area contributed by atoms with Gasteiger partial charge in [-0.15, -0.1) is 0 Å². The molecule has 4 nitrogen and oxygen atoms in total. The molecule has 20 heavy (non-hydrogen) atoms. The van der Waals surface area contributed by atoms with Crippen LogP contribution in [0, 0.1) is 12.7 Å². The van der Waals surface area contributed by atoms with Gasteiger partial charge in [-0.25, -0.2) is 4.39 Å². The fourth-order valence-corrected chi connectivity index (χ4v) is 3.12. The lowest BCUT2D eigenvalue weighted by molar-refractivity contribution is -0.145. The van der Waals surface area contributed by atoms with E-state index in [2.05, 4.69) is 0 Å². The van der Waals surface area contributed by atoms with Gasteiger partial charge in [0.15, 0.2) is 17.3 Å². The van der Waals surface area contributed by atoms with Crippen molar-refractivity contribution in [3.05, 3.63) is 23.0 Å². The Hall–Kier alpha value is -1.78. The lowest BCUT2D eigenvalue weighted by atomic mass is 9.69. The van der Waals surface area contributed by atoms with Gasteiger partial charge < -0.3 is 14.9 Å². The SMILES string of the molecule is COc1c(C)cc(C2(C(=O)O)CCCCC2)c(F)c1O. The number of phenolic OH excluding ortho intramolecular Hbond substituents is 1. The van der Waals surface area contributed by atoms with Crippen LogP contribution in [0.3, 0.4) is 0 Å². The molecular formula is C15H19FO4. The molecule has 0 aromatic heterocycles. The van der Waals surface area contributed by atoms with Gasteiger partial charge in [0, 0.05) is 5.56 Å². The number of halogens is 1. The number of hydrogen-bond acceptors (Lipinski definition) is 3. The number of phenols is 1. The average molecular weight is 282 g/mol. The number of aromatic hydroxyl groups is 1. The number of benzene rings is 1. The van der Waals surface area contributed by atoms with Crippen LogP contribution in [-0.4, -0.2) is 23.3 Å². The van der Waals surface area contributed by atoms with Crippen LogP contribution in [0.2, 0.25) is 0 Å². The van der Waals surface area contributed by atoms with Crippen molar-refractivity contribution in [3.8, 4) is 11.5 Å². The van der Waals surface area contributed by atoms with Gasteiger partial charge in [0.25, 0.3) is 0 Å². The van der Waals surface area contributed by atoms with Gasteiger partial charge in [0.2, 0.25) is 0 Å². The first-order valence-corrected chi connectivity index (χ1v) is 6.74. The molecule has 0 atom stereocenters. The molecule has 0 heterocycles. The highest BCUT2D eigenvalue weighted by molar-refractivity contribution is 5.82. The van der Waals surface area contributed by atoms with Crippen molar-refractivity contribution < 1.29 is 24.1 Å². The third-order valence-corrected chi connectivity index (χ3v) is 4.21. The summed E-state index contributed by atoms with van der Waals surface area (Å²) in [5.41, 5.74) is -0.635. The second-order valence-electron chi connectivity index (χ2n) is 5.38. The van der Waals surface area contributed by atoms with Crippen molar-refractivity contribution in [2.75, 3.05) is 7.11 Å². The van der Waals surface area contributed by atoms with Crippen LogP contribution < -0.4 is 4.74 Å². The summed E-state index contributed by atoms with van der Waals surface area (Å²) in [4.78, 5) is 11.7. The Morgan fingerprint density at radius 3 is 2.45 bits per heavy atom. The lowest BCUT2D eigenvalue weighted by Crippen LogP contribution is -2.38. The first-order chi connectivity index (χ1) is 9.44. The van der Waals surface area contributed by atoms with Crippen molar-refractivity contribution in [1.82, 2.24) is 0 Å². The average Bonchev–Trinajstić information content (AvgIpc) is 2.44. The van der Waals surface area contributed by atoms with Gasteiger partial charge in [-0.2, -0.15) is 0 Å². The molecule has 2 rings (SSSR count). The topological polar surface area (TPSA) is 66.8 Å². The zero-order chi connectivity index (χ0) is 14.9. The maximum atomic E-state index is 14.4. The van der Waals surface area contributed by atoms with E-state index in [1.807, 2.05) is 0 Å². The molecule has 110 valence electrons. The van der Waals surface area contributed by atoms with E-state index in [-0.39, 0.29) is 11.3 Å². The van der Waals surface area contributed by atoms with Crippen molar-refractivity contribution in [2.45, 2.75) is 44.4 Å². The minimum atomic E-state index is -1.24. The van der Waals surface area contributed by atoms with Gasteiger partial charge >= 0.3 is 5.97 Å². The molecule has 2 N–H and O–H groups in total. The number of ether oxygens (including phenoxy) is 1. The van der Waals surface area contributed by atoms with Gasteiger partial charge in [-0.1, -0.05) is 19.3 Å². The highest BCUT2D eigenvalue weighted by Crippen LogP contribution is 2.45. The number of aryl methyl sites for hydroxylation is 1. The number of hydrogen-bond donors (Lipinski definition) is 2. The Morgan fingerprint density at radius 1 is 1.35 bits per heavy atom. The largest absolute Gasteiger partial charge is 0.502 e. The predicted octanol–water partition coefficient (Wildman–Crippen LogP) is 3.13. The van der Waals surface area contributed by atoms with Gasteiger partial charge in [0.05, 0.1) is 12.5 Å². The first-order valence-electron chi connectivity index (χ1n) is 6.74. The van der Waals surface area contributed by atoms with E-state index < -0.39 is 23.0 Å². The molecule has 1 aromatic rings. The van der Waals surface area contributed by atoms with Crippen LogP contribution in [-0.2, 0) is 10.2 Å². The van der Waals surface area contributed by atoms with Crippen LogP contribution in [0.1, 0.15) is 43.2 Å². The van der Waals surface area contributed by atoms with Crippen LogP contribution in [0.5, 0.6) is 11.5 Å². The molecule has 5 heteroatoms. The van der Waals surface area contributed by atoms with Crippen LogP contribution in [0.15, 0.2) is 6.07 Å². The number of aliphatic carboxylic acids is 1. The van der Waals surface area contributed by atoms with E-state index in [0.29, 0.717) is 18.4 Å². The quantitative estimate of drug-likeness (QED) is 0.893. The standard InChI is InChI=1S/C15H19FO4/c1-9-8-10(11(16)12(17)13(9)20-2)15(14(18)19)6-4-3-5-7-15/h8,17H,3-7H2,1-2H3,(H,18,19). The van der Waals surface area contributed by atoms with E-state index >= 15 is 0 Å². The molecule has 0 saturated heterocycles. The minimum Gasteiger partial charge on any atom is -0.502 e. The van der Waals surface area contributed by atoms with Gasteiger partial charge in [-0.3, -0.25) is 4.79 Å². The fourth-order valence-electron chi connectivity index (χ4n) is 3.12. The second-order valence-corrected chi connectivity index (χ2v) is 5.38. The summed E-state index contributed by atoms with van der Waals surface area (Å²) >= 11 is 0. The molecule has 0 spiro atoms. The summed E-state index contributed by atoms with van der Waals surface area (Å²) < 4.78 is 19.4. The van der Waals surface area contributed by atoms with Gasteiger partial charge in [-0.05, 0) is 31.4 Å². The summed E-state index contributed by atoms with van der Waals surface area (Å²) in [6, 6.07) is 1.49. The van der Waals surface area contributed by atoms with Crippen LogP contribution in [0.25, 0.3) is 0 Å². The summed E-state index contributed by atoms with van der Waals surface area (Å²) in [6.07, 6.45) is 3.24. The van der Waals surface area contributed by atoms with E-state index in [0.717, 1.165) is 19.3 Å². The Labute approximate surface area is 117 Å². The zero-order valence-corrected chi connectivity index (χ0v) is 11.7. The molecule has 1 saturated carbocycles. The Balaban J connectivity index is 2.63. The third-order valence-electron chi connectivity index (χ3n) is 4.21. The normalized spacial score (nSPS) is 17.8. The smallest absolute Gasteiger partial charge is 0.314 e. The summed E-state index contributed by atoms with van der Waals surface area (Å²) in [7, 11) is 1.34. The Bertz CT molecular complexity index is 533. The third kappa shape index (κ3) is 2.11. The van der Waals surface area contributed by atoms with E-state index in [1.165, 1.54) is 13.2 Å². The monoisotopic (exact) mass is 282 g/mol. The number of carboxylic acids is 1.